The van der Waals surface area contributed by atoms with Crippen LogP contribution in [0, 0.1) is 5.82 Å². The quantitative estimate of drug-likeness (QED) is 0.872. The first kappa shape index (κ1) is 17.2. The Hall–Kier alpha value is -1.17. The van der Waals surface area contributed by atoms with Crippen molar-refractivity contribution in [3.05, 3.63) is 34.6 Å². The third-order valence-corrected chi connectivity index (χ3v) is 4.49. The number of nitrogens with one attached hydrogen (secondary N) is 1. The van der Waals surface area contributed by atoms with Gasteiger partial charge >= 0.3 is 0 Å². The molecule has 1 aromatic carbocycles. The number of amides is 1. The summed E-state index contributed by atoms with van der Waals surface area (Å²) in [5.74, 6) is -0.415. The van der Waals surface area contributed by atoms with Gasteiger partial charge in [0.2, 0.25) is 5.91 Å². The van der Waals surface area contributed by atoms with E-state index in [4.69, 9.17) is 11.6 Å². The summed E-state index contributed by atoms with van der Waals surface area (Å²) in [5.41, 5.74) is -0.00399. The van der Waals surface area contributed by atoms with Crippen molar-refractivity contribution in [1.29, 1.82) is 0 Å². The molecule has 1 atom stereocenters. The Kier molecular flexibility index (Phi) is 5.78. The summed E-state index contributed by atoms with van der Waals surface area (Å²) in [6, 6.07) is 4.37. The lowest BCUT2D eigenvalue weighted by molar-refractivity contribution is -0.122. The molecular formula is C16H22ClFN2O2. The molecule has 0 aromatic heterocycles. The fraction of sp³-hybridized carbons (Fsp3) is 0.562. The maximum atomic E-state index is 13.1. The number of hydrogen-bond donors (Lipinski definition) is 2. The summed E-state index contributed by atoms with van der Waals surface area (Å²) in [4.78, 5) is 13.5. The molecule has 0 spiro atoms. The second kappa shape index (κ2) is 7.40. The van der Waals surface area contributed by atoms with Crippen molar-refractivity contribution >= 4 is 17.5 Å². The first-order chi connectivity index (χ1) is 10.4. The predicted molar refractivity (Wildman–Crippen MR) is 84.2 cm³/mol. The molecule has 0 unspecified atom stereocenters. The molecule has 1 saturated heterocycles. The smallest absolute Gasteiger partial charge is 0.219 e. The fourth-order valence-electron chi connectivity index (χ4n) is 2.91. The molecule has 1 aliphatic heterocycles. The zero-order valence-electron chi connectivity index (χ0n) is 12.7. The molecule has 2 rings (SSSR count). The molecule has 0 bridgehead atoms. The topological polar surface area (TPSA) is 52.6 Å². The average Bonchev–Trinajstić information content (AvgIpc) is 2.48. The van der Waals surface area contributed by atoms with Gasteiger partial charge in [-0.05, 0) is 43.5 Å². The number of piperidine rings is 1. The number of hydrogen-bond acceptors (Lipinski definition) is 3. The van der Waals surface area contributed by atoms with E-state index in [0.29, 0.717) is 37.4 Å². The van der Waals surface area contributed by atoms with Crippen LogP contribution in [0.4, 0.5) is 4.39 Å². The Morgan fingerprint density at radius 2 is 2.32 bits per heavy atom. The van der Waals surface area contributed by atoms with Crippen molar-refractivity contribution < 1.29 is 14.3 Å². The number of halogens is 2. The van der Waals surface area contributed by atoms with Crippen LogP contribution in [-0.2, 0) is 11.3 Å². The van der Waals surface area contributed by atoms with E-state index in [2.05, 4.69) is 10.2 Å². The molecule has 1 amide bonds. The number of likely N-dealkylation sites (tertiary alicyclic amines) is 1. The summed E-state index contributed by atoms with van der Waals surface area (Å²) in [6.45, 7) is 1.93. The van der Waals surface area contributed by atoms with Gasteiger partial charge < -0.3 is 10.4 Å². The lowest BCUT2D eigenvalue weighted by atomic mass is 9.88. The molecule has 1 aromatic rings. The summed E-state index contributed by atoms with van der Waals surface area (Å²) in [5, 5.41) is 13.6. The third kappa shape index (κ3) is 4.66. The zero-order valence-corrected chi connectivity index (χ0v) is 13.5. The first-order valence-electron chi connectivity index (χ1n) is 7.51. The largest absolute Gasteiger partial charge is 0.389 e. The molecule has 2 N–H and O–H groups in total. The van der Waals surface area contributed by atoms with Gasteiger partial charge in [-0.25, -0.2) is 4.39 Å². The fourth-order valence-corrected chi connectivity index (χ4v) is 3.13. The van der Waals surface area contributed by atoms with Crippen LogP contribution in [0.25, 0.3) is 0 Å². The van der Waals surface area contributed by atoms with E-state index in [1.54, 1.807) is 13.1 Å². The average molecular weight is 329 g/mol. The Labute approximate surface area is 135 Å². The van der Waals surface area contributed by atoms with Gasteiger partial charge in [0.15, 0.2) is 0 Å². The molecule has 1 heterocycles. The van der Waals surface area contributed by atoms with Crippen LogP contribution >= 0.6 is 11.6 Å². The van der Waals surface area contributed by atoms with Gasteiger partial charge in [0.05, 0.1) is 5.60 Å². The molecule has 22 heavy (non-hydrogen) atoms. The van der Waals surface area contributed by atoms with Crippen LogP contribution in [-0.4, -0.2) is 41.7 Å². The third-order valence-electron chi connectivity index (χ3n) is 4.14. The standard InChI is InChI=1S/C16H22ClFN2O2/c1-19-15(21)5-7-16(22)6-2-8-20(11-16)10-12-3-4-13(18)9-14(12)17/h3-4,9,22H,2,5-8,10-11H2,1H3,(H,19,21)/t16-/m1/s1. The number of carbonyl (C=O) groups is 1. The van der Waals surface area contributed by atoms with Crippen molar-refractivity contribution in [3.63, 3.8) is 0 Å². The van der Waals surface area contributed by atoms with Crippen LogP contribution in [0.5, 0.6) is 0 Å². The number of nitrogens with zero attached hydrogens (tertiary/aromatic N) is 1. The minimum absolute atomic E-state index is 0.0628. The molecule has 4 nitrogen and oxygen atoms in total. The molecule has 1 fully saturated rings. The molecule has 6 heteroatoms. The lowest BCUT2D eigenvalue weighted by Crippen LogP contribution is -2.48. The lowest BCUT2D eigenvalue weighted by Gasteiger charge is -2.39. The highest BCUT2D eigenvalue weighted by atomic mass is 35.5. The second-order valence-electron chi connectivity index (χ2n) is 5.95. The van der Waals surface area contributed by atoms with Gasteiger partial charge in [-0.1, -0.05) is 17.7 Å². The van der Waals surface area contributed by atoms with Crippen molar-refractivity contribution in [2.24, 2.45) is 0 Å². The van der Waals surface area contributed by atoms with Gasteiger partial charge in [0.1, 0.15) is 5.82 Å². The van der Waals surface area contributed by atoms with Crippen LogP contribution in [0.15, 0.2) is 18.2 Å². The Morgan fingerprint density at radius 3 is 3.00 bits per heavy atom. The van der Waals surface area contributed by atoms with Crippen molar-refractivity contribution in [1.82, 2.24) is 10.2 Å². The zero-order chi connectivity index (χ0) is 16.2. The highest BCUT2D eigenvalue weighted by Gasteiger charge is 2.33. The molecular weight excluding hydrogens is 307 g/mol. The van der Waals surface area contributed by atoms with E-state index >= 15 is 0 Å². The van der Waals surface area contributed by atoms with E-state index in [0.717, 1.165) is 18.5 Å². The number of benzene rings is 1. The van der Waals surface area contributed by atoms with Crippen molar-refractivity contribution in [2.75, 3.05) is 20.1 Å². The molecule has 0 radical (unpaired) electrons. The monoisotopic (exact) mass is 328 g/mol. The van der Waals surface area contributed by atoms with E-state index in [1.807, 2.05) is 0 Å². The summed E-state index contributed by atoms with van der Waals surface area (Å²) in [7, 11) is 1.59. The van der Waals surface area contributed by atoms with E-state index in [-0.39, 0.29) is 11.7 Å². The van der Waals surface area contributed by atoms with Crippen LogP contribution in [0.3, 0.4) is 0 Å². The summed E-state index contributed by atoms with van der Waals surface area (Å²) >= 11 is 6.06. The summed E-state index contributed by atoms with van der Waals surface area (Å²) < 4.78 is 13.1. The molecule has 0 aliphatic carbocycles. The maximum absolute atomic E-state index is 13.1. The normalized spacial score (nSPS) is 22.5. The van der Waals surface area contributed by atoms with Gasteiger partial charge in [-0.3, -0.25) is 9.69 Å². The SMILES string of the molecule is CNC(=O)CC[C@]1(O)CCCN(Cc2ccc(F)cc2Cl)C1. The van der Waals surface area contributed by atoms with Crippen LogP contribution in [0.1, 0.15) is 31.2 Å². The van der Waals surface area contributed by atoms with Crippen LogP contribution in [0.2, 0.25) is 5.02 Å². The summed E-state index contributed by atoms with van der Waals surface area (Å²) in [6.07, 6.45) is 2.32. The number of rotatable bonds is 5. The predicted octanol–water partition coefficient (Wildman–Crippen LogP) is 2.33. The Morgan fingerprint density at radius 1 is 1.55 bits per heavy atom. The number of carbonyl (C=O) groups excluding carboxylic acids is 1. The minimum Gasteiger partial charge on any atom is -0.389 e. The molecule has 0 saturated carbocycles. The Bertz CT molecular complexity index is 541. The van der Waals surface area contributed by atoms with Gasteiger partial charge in [-0.2, -0.15) is 0 Å². The number of β-amino-alcohol motifs (C(OH)–C–C–N with tert-alkyl or cyclic N) is 1. The maximum Gasteiger partial charge on any atom is 0.219 e. The van der Waals surface area contributed by atoms with Crippen LogP contribution < -0.4 is 5.32 Å². The van der Waals surface area contributed by atoms with Gasteiger partial charge in [-0.15, -0.1) is 0 Å². The van der Waals surface area contributed by atoms with Crippen molar-refractivity contribution in [3.8, 4) is 0 Å². The highest BCUT2D eigenvalue weighted by molar-refractivity contribution is 6.31. The molecule has 1 aliphatic rings. The van der Waals surface area contributed by atoms with E-state index in [9.17, 15) is 14.3 Å². The van der Waals surface area contributed by atoms with Crippen molar-refractivity contribution in [2.45, 2.75) is 37.8 Å². The Balaban J connectivity index is 1.96. The van der Waals surface area contributed by atoms with Gasteiger partial charge in [0, 0.05) is 31.6 Å². The van der Waals surface area contributed by atoms with E-state index < -0.39 is 5.60 Å². The van der Waals surface area contributed by atoms with Gasteiger partial charge in [0.25, 0.3) is 0 Å². The number of aliphatic hydroxyl groups is 1. The minimum atomic E-state index is -0.850. The first-order valence-corrected chi connectivity index (χ1v) is 7.89. The van der Waals surface area contributed by atoms with E-state index in [1.165, 1.54) is 12.1 Å². The highest BCUT2D eigenvalue weighted by Crippen LogP contribution is 2.28. The molecule has 122 valence electrons. The second-order valence-corrected chi connectivity index (χ2v) is 6.35.